The van der Waals surface area contributed by atoms with Crippen LogP contribution in [0.5, 0.6) is 0 Å². The van der Waals surface area contributed by atoms with E-state index in [2.05, 4.69) is 25.2 Å². The van der Waals surface area contributed by atoms with Crippen LogP contribution in [0, 0.1) is 16.7 Å². The molecule has 0 bridgehead atoms. The molecule has 1 aromatic carbocycles. The first kappa shape index (κ1) is 16.8. The molecule has 0 saturated carbocycles. The van der Waals surface area contributed by atoms with Crippen molar-refractivity contribution in [3.8, 4) is 6.07 Å². The third-order valence-electron chi connectivity index (χ3n) is 3.94. The monoisotopic (exact) mass is 322 g/mol. The molecule has 0 amide bonds. The minimum atomic E-state index is -4.25. The van der Waals surface area contributed by atoms with Gasteiger partial charge in [-0.3, -0.25) is 4.55 Å². The fourth-order valence-electron chi connectivity index (χ4n) is 2.86. The fraction of sp³-hybridized carbons (Fsp3) is 0.562. The Bertz CT molecular complexity index is 703. The lowest BCUT2D eigenvalue weighted by molar-refractivity contribution is 0.377. The second kappa shape index (κ2) is 6.27. The van der Waals surface area contributed by atoms with Crippen LogP contribution in [-0.4, -0.2) is 19.5 Å². The Morgan fingerprint density at radius 1 is 1.36 bits per heavy atom. The molecule has 0 fully saturated rings. The van der Waals surface area contributed by atoms with Gasteiger partial charge in [0.25, 0.3) is 10.1 Å². The van der Waals surface area contributed by atoms with Crippen LogP contribution >= 0.6 is 0 Å². The van der Waals surface area contributed by atoms with Crippen LogP contribution in [0.25, 0.3) is 0 Å². The minimum Gasteiger partial charge on any atom is -0.383 e. The number of aryl methyl sites for hydroxylation is 1. The van der Waals surface area contributed by atoms with E-state index < -0.39 is 10.1 Å². The molecule has 1 aliphatic rings. The van der Waals surface area contributed by atoms with Crippen LogP contribution in [0.2, 0.25) is 0 Å². The Balaban J connectivity index is 2.36. The van der Waals surface area contributed by atoms with E-state index in [0.29, 0.717) is 25.1 Å². The normalized spacial score (nSPS) is 16.5. The molecule has 22 heavy (non-hydrogen) atoms. The number of anilines is 1. The zero-order valence-corrected chi connectivity index (χ0v) is 13.8. The fourth-order valence-corrected chi connectivity index (χ4v) is 3.62. The summed E-state index contributed by atoms with van der Waals surface area (Å²) in [6.07, 6.45) is 3.60. The van der Waals surface area contributed by atoms with E-state index in [1.807, 2.05) is 6.07 Å². The van der Waals surface area contributed by atoms with Crippen molar-refractivity contribution >= 4 is 15.8 Å². The maximum atomic E-state index is 11.7. The van der Waals surface area contributed by atoms with Crippen molar-refractivity contribution in [2.24, 2.45) is 5.41 Å². The lowest BCUT2D eigenvalue weighted by atomic mass is 9.81. The van der Waals surface area contributed by atoms with Crippen LogP contribution in [0.3, 0.4) is 0 Å². The molecule has 6 heteroatoms. The molecule has 1 aromatic rings. The summed E-state index contributed by atoms with van der Waals surface area (Å²) in [7, 11) is -4.25. The molecule has 0 spiro atoms. The standard InChI is InChI=1S/C16H22N2O3S/c1-16(2)10-13-8-12(6-4-3-5-7-17)9-14(22(19,20)21)15(13)18-11-16/h8-9,18H,3-6,10-11H2,1-2H3,(H,19,20,21). The summed E-state index contributed by atoms with van der Waals surface area (Å²) >= 11 is 0. The maximum absolute atomic E-state index is 11.7. The lowest BCUT2D eigenvalue weighted by Crippen LogP contribution is -2.31. The van der Waals surface area contributed by atoms with Gasteiger partial charge in [-0.1, -0.05) is 19.9 Å². The second-order valence-electron chi connectivity index (χ2n) is 6.66. The Hall–Kier alpha value is -1.58. The summed E-state index contributed by atoms with van der Waals surface area (Å²) in [5, 5.41) is 11.7. The number of unbranched alkanes of at least 4 members (excludes halogenated alkanes) is 2. The van der Waals surface area contributed by atoms with E-state index in [4.69, 9.17) is 5.26 Å². The minimum absolute atomic E-state index is 0.0317. The van der Waals surface area contributed by atoms with Gasteiger partial charge in [-0.15, -0.1) is 0 Å². The predicted molar refractivity (Wildman–Crippen MR) is 85.4 cm³/mol. The molecule has 0 atom stereocenters. The molecule has 1 heterocycles. The first-order chi connectivity index (χ1) is 10.2. The summed E-state index contributed by atoms with van der Waals surface area (Å²) in [4.78, 5) is -0.0317. The number of hydrogen-bond acceptors (Lipinski definition) is 4. The Morgan fingerprint density at radius 3 is 2.73 bits per heavy atom. The average Bonchev–Trinajstić information content (AvgIpc) is 2.40. The predicted octanol–water partition coefficient (Wildman–Crippen LogP) is 3.16. The van der Waals surface area contributed by atoms with Crippen LogP contribution in [0.1, 0.15) is 44.2 Å². The summed E-state index contributed by atoms with van der Waals surface area (Å²) < 4.78 is 32.8. The van der Waals surface area contributed by atoms with E-state index in [1.165, 1.54) is 0 Å². The van der Waals surface area contributed by atoms with Gasteiger partial charge in [-0.05, 0) is 48.3 Å². The summed E-state index contributed by atoms with van der Waals surface area (Å²) in [5.41, 5.74) is 2.40. The summed E-state index contributed by atoms with van der Waals surface area (Å²) in [5.74, 6) is 0. The number of benzene rings is 1. The first-order valence-electron chi connectivity index (χ1n) is 7.47. The number of rotatable bonds is 5. The quantitative estimate of drug-likeness (QED) is 0.642. The SMILES string of the molecule is CC1(C)CNc2c(cc(CCCCC#N)cc2S(=O)(=O)O)C1. The largest absolute Gasteiger partial charge is 0.383 e. The van der Waals surface area contributed by atoms with E-state index in [1.54, 1.807) is 6.07 Å². The van der Waals surface area contributed by atoms with Crippen LogP contribution in [0.4, 0.5) is 5.69 Å². The average molecular weight is 322 g/mol. The number of hydrogen-bond donors (Lipinski definition) is 2. The highest BCUT2D eigenvalue weighted by Crippen LogP contribution is 2.37. The summed E-state index contributed by atoms with van der Waals surface area (Å²) in [6, 6.07) is 5.67. The molecule has 0 aromatic heterocycles. The smallest absolute Gasteiger partial charge is 0.296 e. The third kappa shape index (κ3) is 3.99. The second-order valence-corrected chi connectivity index (χ2v) is 8.05. The highest BCUT2D eigenvalue weighted by atomic mass is 32.2. The molecule has 5 nitrogen and oxygen atoms in total. The Labute approximate surface area is 132 Å². The highest BCUT2D eigenvalue weighted by molar-refractivity contribution is 7.86. The van der Waals surface area contributed by atoms with Crippen LogP contribution in [-0.2, 0) is 23.0 Å². The lowest BCUT2D eigenvalue weighted by Gasteiger charge is -2.33. The molecule has 2 N–H and O–H groups in total. The Morgan fingerprint density at radius 2 is 2.09 bits per heavy atom. The van der Waals surface area contributed by atoms with Crippen molar-refractivity contribution in [3.05, 3.63) is 23.3 Å². The van der Waals surface area contributed by atoms with E-state index in [-0.39, 0.29) is 10.3 Å². The van der Waals surface area contributed by atoms with Crippen molar-refractivity contribution in [2.45, 2.75) is 50.8 Å². The molecule has 120 valence electrons. The maximum Gasteiger partial charge on any atom is 0.296 e. The Kier molecular flexibility index (Phi) is 4.78. The zero-order valence-electron chi connectivity index (χ0n) is 13.0. The van der Waals surface area contributed by atoms with Gasteiger partial charge in [0.2, 0.25) is 0 Å². The molecular formula is C16H22N2O3S. The van der Waals surface area contributed by atoms with E-state index >= 15 is 0 Å². The van der Waals surface area contributed by atoms with Gasteiger partial charge >= 0.3 is 0 Å². The first-order valence-corrected chi connectivity index (χ1v) is 8.91. The van der Waals surface area contributed by atoms with Gasteiger partial charge < -0.3 is 5.32 Å². The third-order valence-corrected chi connectivity index (χ3v) is 4.82. The van der Waals surface area contributed by atoms with Crippen LogP contribution < -0.4 is 5.32 Å². The van der Waals surface area contributed by atoms with Gasteiger partial charge in [-0.25, -0.2) is 0 Å². The van der Waals surface area contributed by atoms with Crippen molar-refractivity contribution in [1.29, 1.82) is 5.26 Å². The molecule has 2 rings (SSSR count). The number of nitriles is 1. The van der Waals surface area contributed by atoms with Gasteiger partial charge in [-0.2, -0.15) is 13.7 Å². The van der Waals surface area contributed by atoms with Crippen molar-refractivity contribution in [3.63, 3.8) is 0 Å². The molecule has 0 aliphatic carbocycles. The van der Waals surface area contributed by atoms with Crippen molar-refractivity contribution < 1.29 is 13.0 Å². The van der Waals surface area contributed by atoms with E-state index in [0.717, 1.165) is 30.4 Å². The van der Waals surface area contributed by atoms with E-state index in [9.17, 15) is 13.0 Å². The van der Waals surface area contributed by atoms with Gasteiger partial charge in [0.05, 0.1) is 11.8 Å². The molecule has 0 saturated heterocycles. The number of fused-ring (bicyclic) bond motifs is 1. The molecule has 0 radical (unpaired) electrons. The van der Waals surface area contributed by atoms with Gasteiger partial charge in [0.1, 0.15) is 4.90 Å². The molecule has 0 unspecified atom stereocenters. The molecule has 1 aliphatic heterocycles. The van der Waals surface area contributed by atoms with Crippen molar-refractivity contribution in [1.82, 2.24) is 0 Å². The highest BCUT2D eigenvalue weighted by Gasteiger charge is 2.29. The van der Waals surface area contributed by atoms with Crippen LogP contribution in [0.15, 0.2) is 17.0 Å². The zero-order chi connectivity index (χ0) is 16.4. The number of nitrogens with zero attached hydrogens (tertiary/aromatic N) is 1. The number of nitrogens with one attached hydrogen (secondary N) is 1. The van der Waals surface area contributed by atoms with Gasteiger partial charge in [0.15, 0.2) is 0 Å². The molecular weight excluding hydrogens is 300 g/mol. The van der Waals surface area contributed by atoms with Crippen molar-refractivity contribution in [2.75, 3.05) is 11.9 Å². The van der Waals surface area contributed by atoms with Gasteiger partial charge in [0, 0.05) is 13.0 Å². The summed E-state index contributed by atoms with van der Waals surface area (Å²) in [6.45, 7) is 4.91. The topological polar surface area (TPSA) is 90.2 Å².